The number of methoxy groups -OCH3 is 1. The summed E-state index contributed by atoms with van der Waals surface area (Å²) in [6.45, 7) is 7.82. The van der Waals surface area contributed by atoms with Gasteiger partial charge >= 0.3 is 0 Å². The molecule has 2 amide bonds. The van der Waals surface area contributed by atoms with E-state index in [2.05, 4.69) is 5.32 Å². The quantitative estimate of drug-likeness (QED) is 0.500. The SMILES string of the molecule is CCC1(CC)CC(=O)N([C@H]2c3cc(C(=O)NC4c5ccccc5CC4(C)O)ccc3OC2(C)COC)C(N)=N1. The fourth-order valence-corrected chi connectivity index (χ4v) is 6.45. The van der Waals surface area contributed by atoms with Gasteiger partial charge in [0.05, 0.1) is 30.2 Å². The number of nitrogens with two attached hydrogens (primary N) is 1. The second kappa shape index (κ2) is 9.64. The van der Waals surface area contributed by atoms with Gasteiger partial charge in [-0.15, -0.1) is 0 Å². The first-order chi connectivity index (χ1) is 18.5. The minimum absolute atomic E-state index is 0.136. The van der Waals surface area contributed by atoms with E-state index in [1.165, 1.54) is 4.90 Å². The summed E-state index contributed by atoms with van der Waals surface area (Å²) in [6.07, 6.45) is 2.10. The summed E-state index contributed by atoms with van der Waals surface area (Å²) in [4.78, 5) is 33.5. The van der Waals surface area contributed by atoms with E-state index in [9.17, 15) is 14.7 Å². The van der Waals surface area contributed by atoms with Gasteiger partial charge in [-0.2, -0.15) is 0 Å². The van der Waals surface area contributed by atoms with E-state index < -0.39 is 28.8 Å². The number of hydrogen-bond acceptors (Lipinski definition) is 7. The average molecular weight is 535 g/mol. The lowest BCUT2D eigenvalue weighted by Gasteiger charge is -2.42. The highest BCUT2D eigenvalue weighted by Gasteiger charge is 2.53. The van der Waals surface area contributed by atoms with Crippen LogP contribution in [0.2, 0.25) is 0 Å². The van der Waals surface area contributed by atoms with Crippen LogP contribution < -0.4 is 15.8 Å². The molecule has 0 bridgehead atoms. The van der Waals surface area contributed by atoms with Crippen LogP contribution in [0.15, 0.2) is 47.5 Å². The zero-order valence-corrected chi connectivity index (χ0v) is 23.3. The van der Waals surface area contributed by atoms with E-state index in [-0.39, 0.29) is 30.8 Å². The fraction of sp³-hybridized carbons (Fsp3) is 0.500. The monoisotopic (exact) mass is 534 g/mol. The van der Waals surface area contributed by atoms with Crippen LogP contribution in [0.4, 0.5) is 0 Å². The molecule has 1 aliphatic carbocycles. The van der Waals surface area contributed by atoms with E-state index in [0.29, 0.717) is 36.1 Å². The number of ether oxygens (including phenoxy) is 2. The molecule has 3 unspecified atom stereocenters. The summed E-state index contributed by atoms with van der Waals surface area (Å²) in [5.41, 5.74) is 6.87. The Morgan fingerprint density at radius 1 is 1.18 bits per heavy atom. The number of fused-ring (bicyclic) bond motifs is 2. The largest absolute Gasteiger partial charge is 0.482 e. The Balaban J connectivity index is 1.51. The third-order valence-electron chi connectivity index (χ3n) is 8.65. The van der Waals surface area contributed by atoms with Gasteiger partial charge in [0.1, 0.15) is 11.8 Å². The molecule has 9 heteroatoms. The summed E-state index contributed by atoms with van der Waals surface area (Å²) < 4.78 is 11.9. The van der Waals surface area contributed by atoms with Crippen LogP contribution in [-0.2, 0) is 16.0 Å². The molecule has 9 nitrogen and oxygen atoms in total. The molecule has 4 N–H and O–H groups in total. The van der Waals surface area contributed by atoms with Gasteiger partial charge in [-0.05, 0) is 56.0 Å². The molecular weight excluding hydrogens is 496 g/mol. The molecule has 0 spiro atoms. The molecule has 208 valence electrons. The van der Waals surface area contributed by atoms with E-state index in [1.807, 2.05) is 45.0 Å². The standard InChI is InChI=1S/C30H38N4O5/c1-6-30(7-2)16-23(35)34(27(31)33-30)25-21-14-18(12-13-22(21)39-29(25,4)17-38-5)26(36)32-24-20-11-9-8-10-19(20)15-28(24,3)37/h8-14,24-25,37H,6-7,15-17H2,1-5H3,(H2,31,33)(H,32,36)/t24?,25-,28?,29?/m0/s1. The molecule has 0 radical (unpaired) electrons. The maximum atomic E-state index is 13.6. The molecule has 0 aromatic heterocycles. The minimum atomic E-state index is -1.12. The smallest absolute Gasteiger partial charge is 0.251 e. The Kier molecular flexibility index (Phi) is 6.71. The number of carbonyl (C=O) groups excluding carboxylic acids is 2. The summed E-state index contributed by atoms with van der Waals surface area (Å²) in [7, 11) is 1.58. The number of guanidine groups is 1. The van der Waals surface area contributed by atoms with Gasteiger partial charge in [0, 0.05) is 24.7 Å². The molecule has 39 heavy (non-hydrogen) atoms. The van der Waals surface area contributed by atoms with Gasteiger partial charge in [-0.3, -0.25) is 14.5 Å². The lowest BCUT2D eigenvalue weighted by atomic mass is 9.85. The molecule has 5 rings (SSSR count). The van der Waals surface area contributed by atoms with Crippen molar-refractivity contribution in [3.63, 3.8) is 0 Å². The molecule has 0 fully saturated rings. The van der Waals surface area contributed by atoms with Crippen molar-refractivity contribution in [3.05, 3.63) is 64.7 Å². The number of nitrogens with zero attached hydrogens (tertiary/aromatic N) is 2. The minimum Gasteiger partial charge on any atom is -0.482 e. The van der Waals surface area contributed by atoms with Crippen LogP contribution >= 0.6 is 0 Å². The maximum Gasteiger partial charge on any atom is 0.251 e. The van der Waals surface area contributed by atoms with Crippen LogP contribution in [0.25, 0.3) is 0 Å². The first-order valence-electron chi connectivity index (χ1n) is 13.6. The Morgan fingerprint density at radius 2 is 1.90 bits per heavy atom. The van der Waals surface area contributed by atoms with Crippen molar-refractivity contribution in [2.45, 2.75) is 82.2 Å². The van der Waals surface area contributed by atoms with Crippen LogP contribution in [0.5, 0.6) is 5.75 Å². The van der Waals surface area contributed by atoms with Gasteiger partial charge in [-0.1, -0.05) is 38.1 Å². The van der Waals surface area contributed by atoms with Crippen LogP contribution in [0, 0.1) is 0 Å². The zero-order chi connectivity index (χ0) is 28.2. The Labute approximate surface area is 229 Å². The number of amides is 2. The Bertz CT molecular complexity index is 1330. The van der Waals surface area contributed by atoms with E-state index in [4.69, 9.17) is 20.2 Å². The molecule has 2 aromatic rings. The third-order valence-corrected chi connectivity index (χ3v) is 8.65. The highest BCUT2D eigenvalue weighted by molar-refractivity contribution is 6.00. The molecule has 2 heterocycles. The first-order valence-corrected chi connectivity index (χ1v) is 13.6. The number of rotatable bonds is 7. The average Bonchev–Trinajstić information content (AvgIpc) is 3.32. The number of nitrogens with one attached hydrogen (secondary N) is 1. The molecule has 2 aromatic carbocycles. The fourth-order valence-electron chi connectivity index (χ4n) is 6.45. The van der Waals surface area contributed by atoms with Crippen molar-refractivity contribution < 1.29 is 24.2 Å². The Morgan fingerprint density at radius 3 is 2.56 bits per heavy atom. The number of aliphatic hydroxyl groups is 1. The molecule has 3 aliphatic rings. The summed E-state index contributed by atoms with van der Waals surface area (Å²) in [5, 5.41) is 14.1. The van der Waals surface area contributed by atoms with Gasteiger partial charge in [0.25, 0.3) is 5.91 Å². The maximum absolute atomic E-state index is 13.6. The summed E-state index contributed by atoms with van der Waals surface area (Å²) >= 11 is 0. The second-order valence-corrected chi connectivity index (χ2v) is 11.5. The number of benzene rings is 2. The van der Waals surface area contributed by atoms with Crippen molar-refractivity contribution in [2.24, 2.45) is 10.7 Å². The number of carbonyl (C=O) groups is 2. The molecule has 0 saturated heterocycles. The molecular formula is C30H38N4O5. The highest BCUT2D eigenvalue weighted by Crippen LogP contribution is 2.49. The van der Waals surface area contributed by atoms with Crippen LogP contribution in [0.1, 0.15) is 86.1 Å². The van der Waals surface area contributed by atoms with Crippen molar-refractivity contribution >= 4 is 17.8 Å². The predicted molar refractivity (Wildman–Crippen MR) is 147 cm³/mol. The molecule has 4 atom stereocenters. The molecule has 2 aliphatic heterocycles. The van der Waals surface area contributed by atoms with Crippen molar-refractivity contribution in [3.8, 4) is 5.75 Å². The van der Waals surface area contributed by atoms with Crippen molar-refractivity contribution in [2.75, 3.05) is 13.7 Å². The van der Waals surface area contributed by atoms with Gasteiger partial charge in [0.2, 0.25) is 5.91 Å². The van der Waals surface area contributed by atoms with Crippen LogP contribution in [0.3, 0.4) is 0 Å². The van der Waals surface area contributed by atoms with Crippen molar-refractivity contribution in [1.29, 1.82) is 0 Å². The second-order valence-electron chi connectivity index (χ2n) is 11.5. The topological polar surface area (TPSA) is 126 Å². The highest BCUT2D eigenvalue weighted by atomic mass is 16.5. The van der Waals surface area contributed by atoms with Gasteiger partial charge in [-0.25, -0.2) is 4.99 Å². The summed E-state index contributed by atoms with van der Waals surface area (Å²) in [5.74, 6) is 0.231. The van der Waals surface area contributed by atoms with Gasteiger partial charge < -0.3 is 25.6 Å². The zero-order valence-electron chi connectivity index (χ0n) is 23.3. The third kappa shape index (κ3) is 4.47. The van der Waals surface area contributed by atoms with Gasteiger partial charge in [0.15, 0.2) is 11.6 Å². The molecule has 0 saturated carbocycles. The number of hydrogen-bond donors (Lipinski definition) is 3. The predicted octanol–water partition coefficient (Wildman–Crippen LogP) is 3.41. The summed E-state index contributed by atoms with van der Waals surface area (Å²) in [6, 6.07) is 11.7. The lowest BCUT2D eigenvalue weighted by Crippen LogP contribution is -2.58. The first kappa shape index (κ1) is 27.1. The number of aliphatic imine (C=N–C) groups is 1. The Hall–Kier alpha value is -3.43. The normalized spacial score (nSPS) is 28.9. The van der Waals surface area contributed by atoms with E-state index >= 15 is 0 Å². The van der Waals surface area contributed by atoms with E-state index in [1.54, 1.807) is 32.2 Å². The van der Waals surface area contributed by atoms with Crippen LogP contribution in [-0.4, -0.2) is 58.2 Å². The van der Waals surface area contributed by atoms with Crippen molar-refractivity contribution in [1.82, 2.24) is 10.2 Å². The lowest BCUT2D eigenvalue weighted by molar-refractivity contribution is -0.135. The van der Waals surface area contributed by atoms with E-state index in [0.717, 1.165) is 11.1 Å².